The number of carboxylic acid groups (broad SMARTS) is 1. The summed E-state index contributed by atoms with van der Waals surface area (Å²) in [6.45, 7) is 10.8. The largest absolute Gasteiger partial charge is 0.508 e. The van der Waals surface area contributed by atoms with Crippen molar-refractivity contribution in [2.75, 3.05) is 0 Å². The number of aliphatic carboxylic acids is 1. The van der Waals surface area contributed by atoms with Crippen LogP contribution >= 0.6 is 0 Å². The number of hydrogen-bond donors (Lipinski definition) is 4. The van der Waals surface area contributed by atoms with Crippen molar-refractivity contribution in [1.29, 1.82) is 0 Å². The minimum absolute atomic E-state index is 0.0399. The van der Waals surface area contributed by atoms with Gasteiger partial charge in [0.25, 0.3) is 0 Å². The summed E-state index contributed by atoms with van der Waals surface area (Å²) in [4.78, 5) is 50.1. The third kappa shape index (κ3) is 11.0. The molecule has 0 radical (unpaired) electrons. The Morgan fingerprint density at radius 3 is 2.10 bits per heavy atom. The quantitative estimate of drug-likeness (QED) is 0.300. The summed E-state index contributed by atoms with van der Waals surface area (Å²) < 4.78 is 10.5. The molecular weight excluding hydrogens is 516 g/mol. The monoisotopic (exact) mass is 556 g/mol. The second-order valence-electron chi connectivity index (χ2n) is 11.6. The van der Waals surface area contributed by atoms with Crippen molar-refractivity contribution in [3.63, 3.8) is 0 Å². The zero-order chi connectivity index (χ0) is 30.1. The Morgan fingerprint density at radius 1 is 0.875 bits per heavy atom. The molecule has 0 spiro atoms. The van der Waals surface area contributed by atoms with E-state index in [4.69, 9.17) is 9.47 Å². The Hall–Kier alpha value is -4.08. The van der Waals surface area contributed by atoms with Crippen molar-refractivity contribution in [2.45, 2.75) is 90.5 Å². The molecule has 40 heavy (non-hydrogen) atoms. The number of hydrogen-bond acceptors (Lipinski definition) is 7. The zero-order valence-corrected chi connectivity index (χ0v) is 23.9. The number of phenols is 1. The maximum Gasteiger partial charge on any atom is 0.408 e. The zero-order valence-electron chi connectivity index (χ0n) is 23.9. The third-order valence-electron chi connectivity index (χ3n) is 5.80. The highest BCUT2D eigenvalue weighted by Gasteiger charge is 2.29. The number of esters is 1. The lowest BCUT2D eigenvalue weighted by atomic mass is 9.85. The summed E-state index contributed by atoms with van der Waals surface area (Å²) in [6.07, 6.45) is -1.30. The lowest BCUT2D eigenvalue weighted by Crippen LogP contribution is -2.52. The molecule has 0 bridgehead atoms. The summed E-state index contributed by atoms with van der Waals surface area (Å²) in [7, 11) is 0. The number of carbonyl (C=O) groups excluding carboxylic acids is 3. The number of alkyl carbamates (subject to hydrolysis) is 1. The molecule has 0 aliphatic heterocycles. The SMILES string of the molecule is CC(C)(C)OC(=O)CC[C@H](NC(=O)OCc1ccccc1)C(=O)N[C@@H](Cc1ccc(O)c(C(C)(C)C)c1)C(=O)O. The van der Waals surface area contributed by atoms with Crippen molar-refractivity contribution in [3.05, 3.63) is 65.2 Å². The van der Waals surface area contributed by atoms with E-state index < -0.39 is 47.0 Å². The van der Waals surface area contributed by atoms with Gasteiger partial charge in [-0.25, -0.2) is 9.59 Å². The molecule has 0 aliphatic carbocycles. The van der Waals surface area contributed by atoms with E-state index in [2.05, 4.69) is 10.6 Å². The van der Waals surface area contributed by atoms with E-state index in [-0.39, 0.29) is 31.6 Å². The molecule has 0 saturated carbocycles. The highest BCUT2D eigenvalue weighted by atomic mass is 16.6. The van der Waals surface area contributed by atoms with Crippen LogP contribution in [0.2, 0.25) is 0 Å². The van der Waals surface area contributed by atoms with Crippen LogP contribution in [0.1, 0.15) is 71.1 Å². The van der Waals surface area contributed by atoms with Gasteiger partial charge in [-0.1, -0.05) is 63.2 Å². The molecule has 0 saturated heterocycles. The van der Waals surface area contributed by atoms with Crippen LogP contribution in [0.5, 0.6) is 5.75 Å². The highest BCUT2D eigenvalue weighted by Crippen LogP contribution is 2.31. The molecule has 10 nitrogen and oxygen atoms in total. The fourth-order valence-electron chi connectivity index (χ4n) is 3.85. The topological polar surface area (TPSA) is 151 Å². The standard InChI is InChI=1S/C30H40N2O8/c1-29(2,3)21-16-20(12-14-24(21)33)17-23(27(36)37)31-26(35)22(13-15-25(34)40-30(4,5)6)32-28(38)39-18-19-10-8-7-9-11-19/h7-12,14,16,22-23,33H,13,15,17-18H2,1-6H3,(H,31,35)(H,32,38)(H,36,37)/t22-,23-/m0/s1. The Kier molecular flexibility index (Phi) is 11.1. The molecular formula is C30H40N2O8. The summed E-state index contributed by atoms with van der Waals surface area (Å²) in [5.74, 6) is -2.55. The van der Waals surface area contributed by atoms with Crippen molar-refractivity contribution >= 4 is 23.9 Å². The van der Waals surface area contributed by atoms with E-state index in [0.717, 1.165) is 5.56 Å². The van der Waals surface area contributed by atoms with Gasteiger partial charge in [-0.15, -0.1) is 0 Å². The molecule has 2 rings (SSSR count). The van der Waals surface area contributed by atoms with E-state index in [9.17, 15) is 29.4 Å². The minimum Gasteiger partial charge on any atom is -0.508 e. The van der Waals surface area contributed by atoms with Crippen LogP contribution in [0, 0.1) is 0 Å². The van der Waals surface area contributed by atoms with E-state index >= 15 is 0 Å². The van der Waals surface area contributed by atoms with E-state index in [1.165, 1.54) is 6.07 Å². The maximum atomic E-state index is 13.2. The number of rotatable bonds is 11. The van der Waals surface area contributed by atoms with Gasteiger partial charge in [0.2, 0.25) is 5.91 Å². The van der Waals surface area contributed by atoms with Crippen LogP contribution in [0.3, 0.4) is 0 Å². The number of phenolic OH excluding ortho intramolecular Hbond substituents is 1. The van der Waals surface area contributed by atoms with Crippen molar-refractivity contribution < 1.29 is 38.9 Å². The number of amides is 2. The van der Waals surface area contributed by atoms with E-state index in [1.54, 1.807) is 57.2 Å². The predicted octanol–water partition coefficient (Wildman–Crippen LogP) is 4.22. The molecule has 0 unspecified atom stereocenters. The number of carboxylic acids is 1. The number of carbonyl (C=O) groups is 4. The number of aromatic hydroxyl groups is 1. The van der Waals surface area contributed by atoms with Crippen molar-refractivity contribution in [2.24, 2.45) is 0 Å². The van der Waals surface area contributed by atoms with Gasteiger partial charge in [0.05, 0.1) is 0 Å². The van der Waals surface area contributed by atoms with Crippen LogP contribution in [0.25, 0.3) is 0 Å². The van der Waals surface area contributed by atoms with Gasteiger partial charge in [0.1, 0.15) is 30.0 Å². The van der Waals surface area contributed by atoms with Gasteiger partial charge in [-0.3, -0.25) is 9.59 Å². The van der Waals surface area contributed by atoms with Gasteiger partial charge in [0, 0.05) is 12.8 Å². The smallest absolute Gasteiger partial charge is 0.408 e. The first-order chi connectivity index (χ1) is 18.5. The molecule has 2 aromatic rings. The summed E-state index contributed by atoms with van der Waals surface area (Å²) in [5.41, 5.74) is 0.844. The first kappa shape index (κ1) is 32.1. The lowest BCUT2D eigenvalue weighted by molar-refractivity contribution is -0.155. The Morgan fingerprint density at radius 2 is 1.52 bits per heavy atom. The van der Waals surface area contributed by atoms with Crippen LogP contribution in [-0.4, -0.2) is 51.8 Å². The number of nitrogens with one attached hydrogen (secondary N) is 2. The van der Waals surface area contributed by atoms with Crippen LogP contribution < -0.4 is 10.6 Å². The molecule has 2 atom stereocenters. The lowest BCUT2D eigenvalue weighted by Gasteiger charge is -2.24. The van der Waals surface area contributed by atoms with Crippen LogP contribution in [-0.2, 0) is 42.3 Å². The van der Waals surface area contributed by atoms with E-state index in [1.807, 2.05) is 26.8 Å². The molecule has 2 amide bonds. The van der Waals surface area contributed by atoms with E-state index in [0.29, 0.717) is 11.1 Å². The number of ether oxygens (including phenoxy) is 2. The Labute approximate surface area is 235 Å². The fourth-order valence-corrected chi connectivity index (χ4v) is 3.85. The highest BCUT2D eigenvalue weighted by molar-refractivity contribution is 5.89. The average Bonchev–Trinajstić information content (AvgIpc) is 2.84. The molecule has 10 heteroatoms. The average molecular weight is 557 g/mol. The Balaban J connectivity index is 2.16. The molecule has 2 aromatic carbocycles. The molecule has 0 heterocycles. The normalized spacial score (nSPS) is 13.1. The second-order valence-corrected chi connectivity index (χ2v) is 11.6. The van der Waals surface area contributed by atoms with Gasteiger partial charge in [-0.2, -0.15) is 0 Å². The van der Waals surface area contributed by atoms with Gasteiger partial charge < -0.3 is 30.3 Å². The van der Waals surface area contributed by atoms with Crippen LogP contribution in [0.15, 0.2) is 48.5 Å². The Bertz CT molecular complexity index is 1180. The van der Waals surface area contributed by atoms with Gasteiger partial charge in [0.15, 0.2) is 0 Å². The molecule has 4 N–H and O–H groups in total. The van der Waals surface area contributed by atoms with Crippen LogP contribution in [0.4, 0.5) is 4.79 Å². The molecule has 0 aromatic heterocycles. The molecule has 0 aliphatic rings. The predicted molar refractivity (Wildman–Crippen MR) is 149 cm³/mol. The maximum absolute atomic E-state index is 13.2. The second kappa shape index (κ2) is 13.8. The third-order valence-corrected chi connectivity index (χ3v) is 5.80. The van der Waals surface area contributed by atoms with Crippen molar-refractivity contribution in [1.82, 2.24) is 10.6 Å². The first-order valence-electron chi connectivity index (χ1n) is 13.1. The minimum atomic E-state index is -1.34. The summed E-state index contributed by atoms with van der Waals surface area (Å²) >= 11 is 0. The fraction of sp³-hybridized carbons (Fsp3) is 0.467. The molecule has 218 valence electrons. The molecule has 0 fully saturated rings. The summed E-state index contributed by atoms with van der Waals surface area (Å²) in [6, 6.07) is 11.1. The first-order valence-corrected chi connectivity index (χ1v) is 13.1. The van der Waals surface area contributed by atoms with Gasteiger partial charge >= 0.3 is 18.0 Å². The summed E-state index contributed by atoms with van der Waals surface area (Å²) in [5, 5.41) is 25.0. The van der Waals surface area contributed by atoms with Gasteiger partial charge in [-0.05, 0) is 55.4 Å². The number of benzene rings is 2. The van der Waals surface area contributed by atoms with Crippen molar-refractivity contribution in [3.8, 4) is 5.75 Å².